The fourth-order valence-corrected chi connectivity index (χ4v) is 1.83. The number of anilines is 1. The fraction of sp³-hybridized carbons (Fsp3) is 0.200. The van der Waals surface area contributed by atoms with Crippen molar-refractivity contribution < 1.29 is 14.3 Å². The van der Waals surface area contributed by atoms with E-state index in [1.165, 1.54) is 0 Å². The second-order valence-corrected chi connectivity index (χ2v) is 5.13. The molecule has 2 aromatic rings. The number of aryl methyl sites for hydroxylation is 1. The topological polar surface area (TPSA) is 60.5 Å². The van der Waals surface area contributed by atoms with Crippen molar-refractivity contribution in [1.29, 1.82) is 0 Å². The number of carbonyl (C=O) groups excluding carboxylic acids is 1. The lowest BCUT2D eigenvalue weighted by Crippen LogP contribution is -2.20. The van der Waals surface area contributed by atoms with Crippen LogP contribution < -0.4 is 14.8 Å². The number of amides is 1. The van der Waals surface area contributed by atoms with Gasteiger partial charge in [0.25, 0.3) is 5.91 Å². The summed E-state index contributed by atoms with van der Waals surface area (Å²) in [5.41, 5.74) is 0.809. The number of benzene rings is 1. The van der Waals surface area contributed by atoms with Gasteiger partial charge in [0.05, 0.1) is 12.8 Å². The summed E-state index contributed by atoms with van der Waals surface area (Å²) >= 11 is 3.36. The number of carbonyl (C=O) groups is 1. The average molecular weight is 351 g/mol. The molecule has 0 radical (unpaired) electrons. The van der Waals surface area contributed by atoms with Gasteiger partial charge >= 0.3 is 0 Å². The smallest absolute Gasteiger partial charge is 0.263 e. The number of nitrogens with one attached hydrogen (secondary N) is 1. The number of hydrogen-bond donors (Lipinski definition) is 1. The summed E-state index contributed by atoms with van der Waals surface area (Å²) in [6.07, 6.45) is 0. The van der Waals surface area contributed by atoms with Crippen LogP contribution in [0.15, 0.2) is 40.9 Å². The van der Waals surface area contributed by atoms with Crippen molar-refractivity contribution in [3.63, 3.8) is 0 Å². The van der Waals surface area contributed by atoms with Crippen molar-refractivity contribution in [3.8, 4) is 11.5 Å². The molecule has 0 spiro atoms. The minimum absolute atomic E-state index is 0.0802. The molecule has 0 unspecified atom stereocenters. The third-order valence-electron chi connectivity index (χ3n) is 2.72. The van der Waals surface area contributed by atoms with Gasteiger partial charge in [-0.15, -0.1) is 0 Å². The van der Waals surface area contributed by atoms with Gasteiger partial charge in [0.1, 0.15) is 17.3 Å². The molecule has 0 aliphatic rings. The zero-order valence-corrected chi connectivity index (χ0v) is 13.3. The van der Waals surface area contributed by atoms with Crippen LogP contribution >= 0.6 is 15.9 Å². The van der Waals surface area contributed by atoms with Gasteiger partial charge in [-0.2, -0.15) is 0 Å². The molecule has 0 atom stereocenters. The predicted octanol–water partition coefficient (Wildman–Crippen LogP) is 3.18. The molecule has 0 aliphatic carbocycles. The van der Waals surface area contributed by atoms with Gasteiger partial charge < -0.3 is 14.8 Å². The Hall–Kier alpha value is -2.08. The summed E-state index contributed by atoms with van der Waals surface area (Å²) < 4.78 is 11.3. The van der Waals surface area contributed by atoms with Gasteiger partial charge in [-0.1, -0.05) is 0 Å². The monoisotopic (exact) mass is 350 g/mol. The summed E-state index contributed by atoms with van der Waals surface area (Å²) in [6.45, 7) is 1.77. The summed E-state index contributed by atoms with van der Waals surface area (Å²) in [4.78, 5) is 16.0. The average Bonchev–Trinajstić information content (AvgIpc) is 2.49. The number of nitrogens with zero attached hydrogens (tertiary/aromatic N) is 1. The maximum atomic E-state index is 11.8. The molecule has 2 rings (SSSR count). The molecule has 1 heterocycles. The third-order valence-corrected chi connectivity index (χ3v) is 3.56. The summed E-state index contributed by atoms with van der Waals surface area (Å²) in [5.74, 6) is 1.58. The van der Waals surface area contributed by atoms with Gasteiger partial charge in [-0.3, -0.25) is 4.79 Å². The highest BCUT2D eigenvalue weighted by Gasteiger charge is 2.06. The van der Waals surface area contributed by atoms with Crippen molar-refractivity contribution in [2.24, 2.45) is 0 Å². The zero-order valence-electron chi connectivity index (χ0n) is 11.7. The SMILES string of the molecule is COc1ccc(OCC(=O)Nc2ccc(Br)c(C)n2)cc1. The Bertz CT molecular complexity index is 629. The third kappa shape index (κ3) is 4.46. The molecule has 0 aliphatic heterocycles. The molecule has 1 N–H and O–H groups in total. The summed E-state index contributed by atoms with van der Waals surface area (Å²) in [5, 5.41) is 2.68. The second-order valence-electron chi connectivity index (χ2n) is 4.28. The van der Waals surface area contributed by atoms with Crippen molar-refractivity contribution >= 4 is 27.7 Å². The molecule has 0 fully saturated rings. The summed E-state index contributed by atoms with van der Waals surface area (Å²) in [6, 6.07) is 10.6. The molecule has 1 amide bonds. The number of methoxy groups -OCH3 is 1. The predicted molar refractivity (Wildman–Crippen MR) is 83.8 cm³/mol. The van der Waals surface area contributed by atoms with Crippen LogP contribution in [-0.4, -0.2) is 24.6 Å². The first-order valence-electron chi connectivity index (χ1n) is 6.28. The lowest BCUT2D eigenvalue weighted by atomic mass is 10.3. The molecule has 21 heavy (non-hydrogen) atoms. The Balaban J connectivity index is 1.87. The van der Waals surface area contributed by atoms with Crippen molar-refractivity contribution in [2.45, 2.75) is 6.92 Å². The van der Waals surface area contributed by atoms with E-state index in [0.717, 1.165) is 15.9 Å². The van der Waals surface area contributed by atoms with Crippen molar-refractivity contribution in [1.82, 2.24) is 4.98 Å². The molecule has 5 nitrogen and oxygen atoms in total. The van der Waals surface area contributed by atoms with E-state index in [1.807, 2.05) is 13.0 Å². The molecule has 0 bridgehead atoms. The lowest BCUT2D eigenvalue weighted by Gasteiger charge is -2.08. The van der Waals surface area contributed by atoms with Gasteiger partial charge in [0.2, 0.25) is 0 Å². The lowest BCUT2D eigenvalue weighted by molar-refractivity contribution is -0.118. The Labute approximate surface area is 131 Å². The largest absolute Gasteiger partial charge is 0.497 e. The number of ether oxygens (including phenoxy) is 2. The van der Waals surface area contributed by atoms with E-state index >= 15 is 0 Å². The normalized spacial score (nSPS) is 10.0. The van der Waals surface area contributed by atoms with E-state index < -0.39 is 0 Å². The molecular weight excluding hydrogens is 336 g/mol. The first-order valence-corrected chi connectivity index (χ1v) is 7.07. The molecule has 1 aromatic heterocycles. The van der Waals surface area contributed by atoms with Crippen LogP contribution in [0, 0.1) is 6.92 Å². The van der Waals surface area contributed by atoms with E-state index in [1.54, 1.807) is 37.4 Å². The van der Waals surface area contributed by atoms with Crippen molar-refractivity contribution in [2.75, 3.05) is 19.0 Å². The van der Waals surface area contributed by atoms with Gasteiger partial charge in [-0.25, -0.2) is 4.98 Å². The Morgan fingerprint density at radius 3 is 2.48 bits per heavy atom. The van der Waals surface area contributed by atoms with Crippen LogP contribution in [0.2, 0.25) is 0 Å². The molecule has 110 valence electrons. The Morgan fingerprint density at radius 2 is 1.86 bits per heavy atom. The minimum atomic E-state index is -0.264. The van der Waals surface area contributed by atoms with Crippen LogP contribution in [0.4, 0.5) is 5.82 Å². The summed E-state index contributed by atoms with van der Waals surface area (Å²) in [7, 11) is 1.59. The number of pyridine rings is 1. The molecule has 1 aromatic carbocycles. The molecule has 6 heteroatoms. The van der Waals surface area contributed by atoms with E-state index in [4.69, 9.17) is 9.47 Å². The van der Waals surface area contributed by atoms with Crippen LogP contribution in [0.5, 0.6) is 11.5 Å². The van der Waals surface area contributed by atoms with E-state index in [9.17, 15) is 4.79 Å². The number of rotatable bonds is 5. The van der Waals surface area contributed by atoms with E-state index in [0.29, 0.717) is 11.6 Å². The van der Waals surface area contributed by atoms with Crippen LogP contribution in [0.25, 0.3) is 0 Å². The minimum Gasteiger partial charge on any atom is -0.497 e. The highest BCUT2D eigenvalue weighted by molar-refractivity contribution is 9.10. The molecular formula is C15H15BrN2O3. The maximum Gasteiger partial charge on any atom is 0.263 e. The van der Waals surface area contributed by atoms with Crippen LogP contribution in [0.3, 0.4) is 0 Å². The molecule has 0 saturated carbocycles. The standard InChI is InChI=1S/C15H15BrN2O3/c1-10-13(16)7-8-14(17-10)18-15(19)9-21-12-5-3-11(20-2)4-6-12/h3-8H,9H2,1-2H3,(H,17,18,19). The zero-order chi connectivity index (χ0) is 15.2. The highest BCUT2D eigenvalue weighted by Crippen LogP contribution is 2.18. The van der Waals surface area contributed by atoms with Crippen LogP contribution in [0.1, 0.15) is 5.69 Å². The first-order chi connectivity index (χ1) is 10.1. The Kier molecular flexibility index (Phi) is 5.16. The van der Waals surface area contributed by atoms with Gasteiger partial charge in [0, 0.05) is 4.47 Å². The van der Waals surface area contributed by atoms with Crippen molar-refractivity contribution in [3.05, 3.63) is 46.6 Å². The quantitative estimate of drug-likeness (QED) is 0.899. The number of halogens is 1. The maximum absolute atomic E-state index is 11.8. The Morgan fingerprint density at radius 1 is 1.19 bits per heavy atom. The van der Waals surface area contributed by atoms with E-state index in [2.05, 4.69) is 26.2 Å². The van der Waals surface area contributed by atoms with E-state index in [-0.39, 0.29) is 12.5 Å². The highest BCUT2D eigenvalue weighted by atomic mass is 79.9. The second kappa shape index (κ2) is 7.08. The molecule has 0 saturated heterocycles. The van der Waals surface area contributed by atoms with Gasteiger partial charge in [-0.05, 0) is 59.3 Å². The number of aromatic nitrogens is 1. The number of hydrogen-bond acceptors (Lipinski definition) is 4. The van der Waals surface area contributed by atoms with Crippen LogP contribution in [-0.2, 0) is 4.79 Å². The fourth-order valence-electron chi connectivity index (χ4n) is 1.61. The van der Waals surface area contributed by atoms with Gasteiger partial charge in [0.15, 0.2) is 6.61 Å². The first kappa shape index (κ1) is 15.3.